The van der Waals surface area contributed by atoms with E-state index in [9.17, 15) is 4.79 Å². The summed E-state index contributed by atoms with van der Waals surface area (Å²) in [4.78, 5) is 14.6. The molecule has 4 atom stereocenters. The number of nitrogens with zero attached hydrogens (tertiary/aromatic N) is 1. The quantitative estimate of drug-likeness (QED) is 0.798. The molecule has 2 rings (SSSR count). The molecule has 1 saturated carbocycles. The second-order valence-electron chi connectivity index (χ2n) is 6.50. The van der Waals surface area contributed by atoms with Gasteiger partial charge >= 0.3 is 0 Å². The Labute approximate surface area is 117 Å². The average Bonchev–Trinajstić information content (AvgIpc) is 2.58. The van der Waals surface area contributed by atoms with E-state index < -0.39 is 0 Å². The number of nitrogens with two attached hydrogens (primary N) is 1. The van der Waals surface area contributed by atoms with Crippen LogP contribution in [0.1, 0.15) is 46.5 Å². The molecule has 2 fully saturated rings. The minimum atomic E-state index is -0.287. The molecule has 1 aliphatic heterocycles. The van der Waals surface area contributed by atoms with E-state index >= 15 is 0 Å². The first-order chi connectivity index (χ1) is 7.92. The van der Waals surface area contributed by atoms with Crippen LogP contribution in [0.25, 0.3) is 0 Å². The highest BCUT2D eigenvalue weighted by Gasteiger charge is 2.41. The summed E-state index contributed by atoms with van der Waals surface area (Å²) in [6.45, 7) is 8.37. The third kappa shape index (κ3) is 3.00. The van der Waals surface area contributed by atoms with Crippen LogP contribution in [0.3, 0.4) is 0 Å². The third-order valence-electron chi connectivity index (χ3n) is 4.85. The van der Waals surface area contributed by atoms with Crippen LogP contribution in [0, 0.1) is 17.8 Å². The Morgan fingerprint density at radius 3 is 2.28 bits per heavy atom. The van der Waals surface area contributed by atoms with Crippen LogP contribution in [-0.4, -0.2) is 29.4 Å². The van der Waals surface area contributed by atoms with Crippen LogP contribution in [0.15, 0.2) is 0 Å². The molecule has 4 heteroatoms. The van der Waals surface area contributed by atoms with Crippen molar-refractivity contribution >= 4 is 18.3 Å². The Kier molecular flexibility index (Phi) is 5.07. The highest BCUT2D eigenvalue weighted by Crippen LogP contribution is 2.34. The van der Waals surface area contributed by atoms with Crippen molar-refractivity contribution in [3.63, 3.8) is 0 Å². The molecule has 4 unspecified atom stereocenters. The van der Waals surface area contributed by atoms with Gasteiger partial charge in [-0.05, 0) is 31.6 Å². The summed E-state index contributed by atoms with van der Waals surface area (Å²) in [5, 5.41) is 0. The first kappa shape index (κ1) is 15.8. The molecular formula is C14H27ClN2O. The van der Waals surface area contributed by atoms with Crippen molar-refractivity contribution in [1.29, 1.82) is 0 Å². The summed E-state index contributed by atoms with van der Waals surface area (Å²) in [6, 6.07) is 0. The fraction of sp³-hybridized carbons (Fsp3) is 0.929. The first-order valence-corrected chi connectivity index (χ1v) is 6.99. The van der Waals surface area contributed by atoms with Crippen molar-refractivity contribution in [1.82, 2.24) is 4.90 Å². The highest BCUT2D eigenvalue weighted by atomic mass is 35.5. The second-order valence-corrected chi connectivity index (χ2v) is 6.50. The average molecular weight is 275 g/mol. The number of carbonyl (C=O) groups excluding carboxylic acids is 1. The van der Waals surface area contributed by atoms with E-state index in [1.807, 2.05) is 0 Å². The van der Waals surface area contributed by atoms with Gasteiger partial charge in [-0.25, -0.2) is 0 Å². The molecule has 18 heavy (non-hydrogen) atoms. The van der Waals surface area contributed by atoms with Gasteiger partial charge in [0, 0.05) is 18.6 Å². The predicted molar refractivity (Wildman–Crippen MR) is 76.7 cm³/mol. The predicted octanol–water partition coefficient (Wildman–Crippen LogP) is 2.43. The van der Waals surface area contributed by atoms with Crippen LogP contribution in [0.5, 0.6) is 0 Å². The van der Waals surface area contributed by atoms with E-state index in [1.165, 1.54) is 6.42 Å². The van der Waals surface area contributed by atoms with Crippen LogP contribution in [0.4, 0.5) is 0 Å². The van der Waals surface area contributed by atoms with Crippen molar-refractivity contribution < 1.29 is 4.79 Å². The summed E-state index contributed by atoms with van der Waals surface area (Å²) in [5.41, 5.74) is 6.03. The summed E-state index contributed by atoms with van der Waals surface area (Å²) in [7, 11) is 0. The number of hydrogen-bond acceptors (Lipinski definition) is 2. The molecule has 0 aromatic rings. The summed E-state index contributed by atoms with van der Waals surface area (Å²) < 4.78 is 0. The van der Waals surface area contributed by atoms with E-state index in [0.29, 0.717) is 17.7 Å². The molecule has 1 saturated heterocycles. The maximum Gasteiger partial charge on any atom is 0.227 e. The Bertz CT molecular complexity index is 296. The number of rotatable bonds is 1. The van der Waals surface area contributed by atoms with Crippen molar-refractivity contribution in [2.24, 2.45) is 23.5 Å². The van der Waals surface area contributed by atoms with Gasteiger partial charge < -0.3 is 10.6 Å². The number of hydrogen-bond donors (Lipinski definition) is 1. The molecule has 1 aliphatic carbocycles. The molecule has 0 aromatic carbocycles. The van der Waals surface area contributed by atoms with Gasteiger partial charge in [0.05, 0.1) is 5.92 Å². The van der Waals surface area contributed by atoms with E-state index in [4.69, 9.17) is 5.73 Å². The van der Waals surface area contributed by atoms with Crippen molar-refractivity contribution in [3.8, 4) is 0 Å². The van der Waals surface area contributed by atoms with Gasteiger partial charge in [0.2, 0.25) is 5.91 Å². The zero-order valence-corrected chi connectivity index (χ0v) is 12.6. The van der Waals surface area contributed by atoms with E-state index in [2.05, 4.69) is 25.7 Å². The van der Waals surface area contributed by atoms with E-state index in [-0.39, 0.29) is 23.9 Å². The molecular weight excluding hydrogens is 248 g/mol. The normalized spacial score (nSPS) is 40.4. The molecule has 0 bridgehead atoms. The molecule has 2 aliphatic rings. The summed E-state index contributed by atoms with van der Waals surface area (Å²) in [6.07, 6.45) is 4.29. The van der Waals surface area contributed by atoms with Gasteiger partial charge in [0.25, 0.3) is 0 Å². The third-order valence-corrected chi connectivity index (χ3v) is 4.85. The molecule has 3 nitrogen and oxygen atoms in total. The molecule has 0 spiro atoms. The van der Waals surface area contributed by atoms with Crippen LogP contribution >= 0.6 is 12.4 Å². The lowest BCUT2D eigenvalue weighted by atomic mass is 9.74. The molecule has 0 aromatic heterocycles. The molecule has 106 valence electrons. The Morgan fingerprint density at radius 1 is 1.22 bits per heavy atom. The second kappa shape index (κ2) is 5.79. The lowest BCUT2D eigenvalue weighted by Gasteiger charge is -2.39. The Balaban J connectivity index is 0.00000162. The van der Waals surface area contributed by atoms with E-state index in [1.54, 1.807) is 0 Å². The lowest BCUT2D eigenvalue weighted by molar-refractivity contribution is -0.138. The lowest BCUT2D eigenvalue weighted by Crippen LogP contribution is -2.53. The van der Waals surface area contributed by atoms with Crippen molar-refractivity contribution in [2.75, 3.05) is 13.1 Å². The van der Waals surface area contributed by atoms with Gasteiger partial charge in [-0.1, -0.05) is 26.7 Å². The Morgan fingerprint density at radius 2 is 1.78 bits per heavy atom. The summed E-state index contributed by atoms with van der Waals surface area (Å²) >= 11 is 0. The number of halogens is 1. The van der Waals surface area contributed by atoms with Gasteiger partial charge in [0.1, 0.15) is 0 Å². The maximum atomic E-state index is 12.6. The monoisotopic (exact) mass is 274 g/mol. The summed E-state index contributed by atoms with van der Waals surface area (Å²) in [5.74, 6) is 1.62. The first-order valence-electron chi connectivity index (χ1n) is 6.99. The molecule has 0 radical (unpaired) electrons. The van der Waals surface area contributed by atoms with Crippen LogP contribution < -0.4 is 5.73 Å². The van der Waals surface area contributed by atoms with Crippen molar-refractivity contribution in [3.05, 3.63) is 0 Å². The molecule has 2 N–H and O–H groups in total. The van der Waals surface area contributed by atoms with Crippen molar-refractivity contribution in [2.45, 2.75) is 52.0 Å². The zero-order valence-electron chi connectivity index (χ0n) is 11.8. The van der Waals surface area contributed by atoms with Gasteiger partial charge in [0.15, 0.2) is 0 Å². The number of likely N-dealkylation sites (tertiary alicyclic amines) is 1. The maximum absolute atomic E-state index is 12.6. The highest BCUT2D eigenvalue weighted by molar-refractivity contribution is 5.85. The number of carbonyl (C=O) groups is 1. The number of amides is 1. The van der Waals surface area contributed by atoms with E-state index in [0.717, 1.165) is 32.4 Å². The van der Waals surface area contributed by atoms with Gasteiger partial charge in [-0.3, -0.25) is 4.79 Å². The fourth-order valence-electron chi connectivity index (χ4n) is 3.29. The fourth-order valence-corrected chi connectivity index (χ4v) is 3.29. The van der Waals surface area contributed by atoms with Crippen LogP contribution in [0.2, 0.25) is 0 Å². The standard InChI is InChI=1S/C14H26N2O.ClH/c1-10-8-16(9-11(10)2)13(17)12-6-4-5-7-14(12,3)15;/h10-12H,4-9,15H2,1-3H3;1H. The smallest absolute Gasteiger partial charge is 0.227 e. The topological polar surface area (TPSA) is 46.3 Å². The molecule has 1 heterocycles. The SMILES string of the molecule is CC1CN(C(=O)C2CCCCC2(C)N)CC1C.Cl. The Hall–Kier alpha value is -0.280. The minimum Gasteiger partial charge on any atom is -0.342 e. The largest absolute Gasteiger partial charge is 0.342 e. The van der Waals surface area contributed by atoms with Gasteiger partial charge in [-0.2, -0.15) is 0 Å². The van der Waals surface area contributed by atoms with Crippen LogP contribution in [-0.2, 0) is 4.79 Å². The van der Waals surface area contributed by atoms with Gasteiger partial charge in [-0.15, -0.1) is 12.4 Å². The zero-order chi connectivity index (χ0) is 12.6. The molecule has 1 amide bonds. The minimum absolute atomic E-state index is 0.